The van der Waals surface area contributed by atoms with Gasteiger partial charge < -0.3 is 5.73 Å². The van der Waals surface area contributed by atoms with Gasteiger partial charge >= 0.3 is 0 Å². The van der Waals surface area contributed by atoms with Crippen LogP contribution < -0.4 is 5.73 Å². The minimum absolute atomic E-state index is 0.295. The Hall–Kier alpha value is -0.890. The smallest absolute Gasteiger partial charge is 0.243 e. The normalized spacial score (nSPS) is 12.0. The van der Waals surface area contributed by atoms with Gasteiger partial charge in [-0.15, -0.1) is 11.3 Å². The van der Waals surface area contributed by atoms with Crippen molar-refractivity contribution in [2.24, 2.45) is 0 Å². The zero-order valence-corrected chi connectivity index (χ0v) is 15.1. The lowest BCUT2D eigenvalue weighted by molar-refractivity contribution is 0.469. The van der Waals surface area contributed by atoms with Crippen LogP contribution >= 0.6 is 27.3 Å². The Morgan fingerprint density at radius 3 is 2.62 bits per heavy atom. The van der Waals surface area contributed by atoms with Crippen LogP contribution in [0, 0.1) is 0 Å². The van der Waals surface area contributed by atoms with Crippen molar-refractivity contribution in [3.05, 3.63) is 44.6 Å². The summed E-state index contributed by atoms with van der Waals surface area (Å²) in [7, 11) is -1.96. The van der Waals surface area contributed by atoms with Gasteiger partial charge in [0.1, 0.15) is 0 Å². The molecule has 0 aliphatic carbocycles. The van der Waals surface area contributed by atoms with E-state index >= 15 is 0 Å². The molecule has 0 spiro atoms. The van der Waals surface area contributed by atoms with E-state index in [4.69, 9.17) is 5.73 Å². The van der Waals surface area contributed by atoms with Crippen molar-refractivity contribution in [2.75, 3.05) is 12.8 Å². The van der Waals surface area contributed by atoms with E-state index < -0.39 is 10.0 Å². The fourth-order valence-corrected chi connectivity index (χ4v) is 5.07. The molecule has 7 heteroatoms. The van der Waals surface area contributed by atoms with E-state index in [9.17, 15) is 8.42 Å². The molecule has 0 bridgehead atoms. The zero-order valence-electron chi connectivity index (χ0n) is 11.8. The van der Waals surface area contributed by atoms with Crippen molar-refractivity contribution in [3.8, 4) is 0 Å². The number of nitrogens with zero attached hydrogens (tertiary/aromatic N) is 1. The monoisotopic (exact) mass is 388 g/mol. The van der Waals surface area contributed by atoms with Crippen molar-refractivity contribution in [3.63, 3.8) is 0 Å². The molecule has 21 heavy (non-hydrogen) atoms. The Balaban J connectivity index is 2.35. The highest BCUT2D eigenvalue weighted by atomic mass is 79.9. The molecule has 0 aliphatic rings. The third-order valence-corrected chi connectivity index (χ3v) is 6.73. The fourth-order valence-electron chi connectivity index (χ4n) is 2.01. The van der Waals surface area contributed by atoms with Gasteiger partial charge in [-0.05, 0) is 46.1 Å². The van der Waals surface area contributed by atoms with E-state index in [1.54, 1.807) is 19.2 Å². The summed E-state index contributed by atoms with van der Waals surface area (Å²) in [6, 6.07) is 6.97. The number of sulfonamides is 1. The molecule has 2 aromatic rings. The van der Waals surface area contributed by atoms with Gasteiger partial charge in [-0.25, -0.2) is 8.42 Å². The first-order chi connectivity index (χ1) is 9.84. The Bertz CT molecular complexity index is 741. The number of halogens is 1. The first kappa shape index (κ1) is 16.5. The standard InChI is InChI=1S/C14H17BrN2O2S2/c1-3-10-4-5-12(16)7-14(10)21(18,19)17(2)8-13-6-11(15)9-20-13/h4-7,9H,3,8,16H2,1-2H3. The summed E-state index contributed by atoms with van der Waals surface area (Å²) in [5.41, 5.74) is 6.99. The summed E-state index contributed by atoms with van der Waals surface area (Å²) in [5.74, 6) is 0. The summed E-state index contributed by atoms with van der Waals surface area (Å²) < 4.78 is 27.8. The van der Waals surface area contributed by atoms with Crippen molar-refractivity contribution in [2.45, 2.75) is 24.8 Å². The Morgan fingerprint density at radius 2 is 2.05 bits per heavy atom. The van der Waals surface area contributed by atoms with Crippen LogP contribution in [0.5, 0.6) is 0 Å². The van der Waals surface area contributed by atoms with Gasteiger partial charge in [-0.3, -0.25) is 0 Å². The summed E-state index contributed by atoms with van der Waals surface area (Å²) in [6.07, 6.45) is 0.646. The van der Waals surface area contributed by atoms with E-state index in [1.165, 1.54) is 21.7 Å². The molecule has 0 fully saturated rings. The highest BCUT2D eigenvalue weighted by molar-refractivity contribution is 9.10. The van der Waals surface area contributed by atoms with Crippen LogP contribution in [0.3, 0.4) is 0 Å². The maximum absolute atomic E-state index is 12.7. The minimum Gasteiger partial charge on any atom is -0.399 e. The molecule has 0 saturated carbocycles. The van der Waals surface area contributed by atoms with E-state index in [0.717, 1.165) is 14.9 Å². The summed E-state index contributed by atoms with van der Waals surface area (Å²) >= 11 is 4.90. The Labute approximate surface area is 137 Å². The second-order valence-electron chi connectivity index (χ2n) is 4.71. The SMILES string of the molecule is CCc1ccc(N)cc1S(=O)(=O)N(C)Cc1cc(Br)cs1. The second-order valence-corrected chi connectivity index (χ2v) is 8.64. The van der Waals surface area contributed by atoms with Crippen LogP contribution in [0.1, 0.15) is 17.4 Å². The number of anilines is 1. The van der Waals surface area contributed by atoms with E-state index in [-0.39, 0.29) is 0 Å². The van der Waals surface area contributed by atoms with Crippen molar-refractivity contribution in [1.29, 1.82) is 0 Å². The number of hydrogen-bond donors (Lipinski definition) is 1. The van der Waals surface area contributed by atoms with E-state index in [1.807, 2.05) is 18.4 Å². The average molecular weight is 389 g/mol. The first-order valence-electron chi connectivity index (χ1n) is 6.42. The van der Waals surface area contributed by atoms with Crippen molar-refractivity contribution >= 4 is 43.0 Å². The number of aryl methyl sites for hydroxylation is 1. The van der Waals surface area contributed by atoms with E-state index in [0.29, 0.717) is 23.5 Å². The molecule has 0 saturated heterocycles. The lowest BCUT2D eigenvalue weighted by Gasteiger charge is -2.18. The van der Waals surface area contributed by atoms with Crippen LogP contribution in [0.25, 0.3) is 0 Å². The molecule has 0 atom stereocenters. The lowest BCUT2D eigenvalue weighted by atomic mass is 10.1. The summed E-state index contributed by atoms with van der Waals surface area (Å²) in [4.78, 5) is 1.28. The Morgan fingerprint density at radius 1 is 1.33 bits per heavy atom. The largest absolute Gasteiger partial charge is 0.399 e. The van der Waals surface area contributed by atoms with Crippen LogP contribution in [-0.4, -0.2) is 19.8 Å². The Kier molecular flexibility index (Phi) is 5.08. The van der Waals surface area contributed by atoms with Gasteiger partial charge in [0.15, 0.2) is 0 Å². The molecule has 2 N–H and O–H groups in total. The fraction of sp³-hybridized carbons (Fsp3) is 0.286. The van der Waals surface area contributed by atoms with Gasteiger partial charge in [0.2, 0.25) is 10.0 Å². The first-order valence-corrected chi connectivity index (χ1v) is 9.53. The number of benzene rings is 1. The number of thiophene rings is 1. The molecule has 0 radical (unpaired) electrons. The lowest BCUT2D eigenvalue weighted by Crippen LogP contribution is -2.27. The van der Waals surface area contributed by atoms with Crippen LogP contribution in [0.15, 0.2) is 39.0 Å². The van der Waals surface area contributed by atoms with Gasteiger partial charge in [-0.2, -0.15) is 4.31 Å². The number of rotatable bonds is 5. The van der Waals surface area contributed by atoms with Crippen molar-refractivity contribution in [1.82, 2.24) is 4.31 Å². The van der Waals surface area contributed by atoms with Crippen molar-refractivity contribution < 1.29 is 8.42 Å². The molecule has 1 heterocycles. The van der Waals surface area contributed by atoms with Gasteiger partial charge in [0, 0.05) is 34.0 Å². The van der Waals surface area contributed by atoms with Gasteiger partial charge in [0.05, 0.1) is 4.90 Å². The van der Waals surface area contributed by atoms with Crippen LogP contribution in [0.4, 0.5) is 5.69 Å². The second kappa shape index (κ2) is 6.48. The summed E-state index contributed by atoms with van der Waals surface area (Å²) in [6.45, 7) is 2.28. The molecular weight excluding hydrogens is 372 g/mol. The maximum Gasteiger partial charge on any atom is 0.243 e. The molecule has 0 unspecified atom stereocenters. The molecule has 0 aliphatic heterocycles. The van der Waals surface area contributed by atoms with Crippen LogP contribution in [-0.2, 0) is 23.0 Å². The van der Waals surface area contributed by atoms with E-state index in [2.05, 4.69) is 15.9 Å². The molecule has 0 amide bonds. The zero-order chi connectivity index (χ0) is 15.6. The third kappa shape index (κ3) is 3.66. The number of hydrogen-bond acceptors (Lipinski definition) is 4. The molecule has 1 aromatic heterocycles. The molecule has 114 valence electrons. The molecule has 2 rings (SSSR count). The molecule has 1 aromatic carbocycles. The molecular formula is C14H17BrN2O2S2. The minimum atomic E-state index is -3.55. The molecule has 4 nitrogen and oxygen atoms in total. The quantitative estimate of drug-likeness (QED) is 0.797. The topological polar surface area (TPSA) is 63.4 Å². The predicted molar refractivity (Wildman–Crippen MR) is 90.9 cm³/mol. The highest BCUT2D eigenvalue weighted by Gasteiger charge is 2.24. The third-order valence-electron chi connectivity index (χ3n) is 3.16. The number of nitrogens with two attached hydrogens (primary N) is 1. The summed E-state index contributed by atoms with van der Waals surface area (Å²) in [5, 5.41) is 1.94. The number of nitrogen functional groups attached to an aromatic ring is 1. The predicted octanol–water partition coefficient (Wildman–Crippen LogP) is 3.48. The van der Waals surface area contributed by atoms with Crippen LogP contribution in [0.2, 0.25) is 0 Å². The highest BCUT2D eigenvalue weighted by Crippen LogP contribution is 2.26. The maximum atomic E-state index is 12.7. The van der Waals surface area contributed by atoms with Gasteiger partial charge in [0.25, 0.3) is 0 Å². The average Bonchev–Trinajstić information content (AvgIpc) is 2.84. The van der Waals surface area contributed by atoms with Gasteiger partial charge in [-0.1, -0.05) is 13.0 Å².